The third-order valence-electron chi connectivity index (χ3n) is 3.16. The van der Waals surface area contributed by atoms with Crippen molar-refractivity contribution >= 4 is 15.9 Å². The molecule has 0 atom stereocenters. The van der Waals surface area contributed by atoms with Crippen molar-refractivity contribution in [2.24, 2.45) is 0 Å². The van der Waals surface area contributed by atoms with Gasteiger partial charge in [-0.25, -0.2) is 0 Å². The topological polar surface area (TPSA) is 30.5 Å². The van der Waals surface area contributed by atoms with E-state index in [4.69, 9.17) is 9.47 Å². The summed E-state index contributed by atoms with van der Waals surface area (Å²) in [7, 11) is 5.32. The second-order valence-corrected chi connectivity index (χ2v) is 5.78. The number of halogens is 1. The zero-order valence-electron chi connectivity index (χ0n) is 11.8. The molecule has 1 rings (SSSR count). The summed E-state index contributed by atoms with van der Waals surface area (Å²) in [6.07, 6.45) is 1.03. The number of methoxy groups -OCH3 is 2. The minimum Gasteiger partial charge on any atom is -0.497 e. The van der Waals surface area contributed by atoms with Crippen LogP contribution in [0, 0.1) is 0 Å². The zero-order chi connectivity index (χ0) is 13.8. The van der Waals surface area contributed by atoms with Crippen LogP contribution in [0.15, 0.2) is 16.6 Å². The smallest absolute Gasteiger partial charge is 0.127 e. The van der Waals surface area contributed by atoms with Gasteiger partial charge < -0.3 is 14.8 Å². The predicted octanol–water partition coefficient (Wildman–Crippen LogP) is 3.35. The maximum atomic E-state index is 5.50. The Morgan fingerprint density at radius 2 is 1.89 bits per heavy atom. The van der Waals surface area contributed by atoms with Crippen molar-refractivity contribution in [3.8, 4) is 11.5 Å². The first kappa shape index (κ1) is 15.3. The third kappa shape index (κ3) is 3.39. The summed E-state index contributed by atoms with van der Waals surface area (Å²) < 4.78 is 11.8. The van der Waals surface area contributed by atoms with Crippen molar-refractivity contribution in [2.75, 3.05) is 27.8 Å². The third-order valence-corrected chi connectivity index (χ3v) is 3.79. The minimum atomic E-state index is 0.0272. The lowest BCUT2D eigenvalue weighted by Gasteiger charge is -2.28. The summed E-state index contributed by atoms with van der Waals surface area (Å²) in [5.74, 6) is 1.66. The van der Waals surface area contributed by atoms with Crippen molar-refractivity contribution in [3.05, 3.63) is 22.2 Å². The molecule has 18 heavy (non-hydrogen) atoms. The van der Waals surface area contributed by atoms with Crippen molar-refractivity contribution in [2.45, 2.75) is 25.7 Å². The summed E-state index contributed by atoms with van der Waals surface area (Å²) in [4.78, 5) is 0. The Hall–Kier alpha value is -0.740. The molecule has 0 unspecified atom stereocenters. The number of hydrogen-bond donors (Lipinski definition) is 1. The van der Waals surface area contributed by atoms with Crippen molar-refractivity contribution in [1.82, 2.24) is 5.32 Å². The molecule has 0 aliphatic rings. The number of nitrogens with one attached hydrogen (secondary N) is 1. The Labute approximate surface area is 118 Å². The van der Waals surface area contributed by atoms with Gasteiger partial charge in [0.25, 0.3) is 0 Å². The quantitative estimate of drug-likeness (QED) is 0.873. The van der Waals surface area contributed by atoms with Crippen LogP contribution in [0.5, 0.6) is 11.5 Å². The van der Waals surface area contributed by atoms with Crippen molar-refractivity contribution in [1.29, 1.82) is 0 Å². The predicted molar refractivity (Wildman–Crippen MR) is 78.8 cm³/mol. The largest absolute Gasteiger partial charge is 0.497 e. The van der Waals surface area contributed by atoms with E-state index in [2.05, 4.69) is 35.1 Å². The summed E-state index contributed by atoms with van der Waals surface area (Å²) in [6.45, 7) is 5.41. The van der Waals surface area contributed by atoms with E-state index in [1.54, 1.807) is 14.2 Å². The van der Waals surface area contributed by atoms with Crippen LogP contribution >= 0.6 is 15.9 Å². The van der Waals surface area contributed by atoms with Crippen LogP contribution in [0.4, 0.5) is 0 Å². The molecule has 1 N–H and O–H groups in total. The van der Waals surface area contributed by atoms with E-state index in [9.17, 15) is 0 Å². The van der Waals surface area contributed by atoms with Gasteiger partial charge in [0.05, 0.1) is 14.2 Å². The number of hydrogen-bond acceptors (Lipinski definition) is 3. The first-order valence-electron chi connectivity index (χ1n) is 6.03. The fourth-order valence-corrected chi connectivity index (χ4v) is 3.01. The molecule has 0 aromatic heterocycles. The SMILES string of the molecule is CNCCC(C)(C)c1c(Br)cc(OC)cc1OC. The van der Waals surface area contributed by atoms with Gasteiger partial charge in [-0.2, -0.15) is 0 Å². The Morgan fingerprint density at radius 3 is 2.39 bits per heavy atom. The van der Waals surface area contributed by atoms with E-state index in [1.807, 2.05) is 19.2 Å². The molecule has 0 radical (unpaired) electrons. The lowest BCUT2D eigenvalue weighted by molar-refractivity contribution is 0.372. The highest BCUT2D eigenvalue weighted by atomic mass is 79.9. The molecule has 0 aliphatic heterocycles. The Morgan fingerprint density at radius 1 is 1.22 bits per heavy atom. The van der Waals surface area contributed by atoms with Gasteiger partial charge >= 0.3 is 0 Å². The summed E-state index contributed by atoms with van der Waals surface area (Å²) in [5.41, 5.74) is 1.21. The maximum absolute atomic E-state index is 5.50. The molecule has 0 saturated carbocycles. The van der Waals surface area contributed by atoms with Gasteiger partial charge in [0.2, 0.25) is 0 Å². The first-order valence-corrected chi connectivity index (χ1v) is 6.82. The highest BCUT2D eigenvalue weighted by Crippen LogP contribution is 2.41. The molecule has 0 amide bonds. The average Bonchev–Trinajstić information content (AvgIpc) is 2.34. The fraction of sp³-hybridized carbons (Fsp3) is 0.571. The van der Waals surface area contributed by atoms with Crippen LogP contribution in [-0.2, 0) is 5.41 Å². The van der Waals surface area contributed by atoms with Crippen LogP contribution in [0.25, 0.3) is 0 Å². The number of rotatable bonds is 6. The lowest BCUT2D eigenvalue weighted by Crippen LogP contribution is -2.24. The molecule has 0 aliphatic carbocycles. The maximum Gasteiger partial charge on any atom is 0.127 e. The van der Waals surface area contributed by atoms with E-state index in [1.165, 1.54) is 5.56 Å². The Balaban J connectivity index is 3.21. The van der Waals surface area contributed by atoms with Crippen LogP contribution < -0.4 is 14.8 Å². The standard InChI is InChI=1S/C14H22BrNO2/c1-14(2,6-7-16-3)13-11(15)8-10(17-4)9-12(13)18-5/h8-9,16H,6-7H2,1-5H3. The molecule has 0 bridgehead atoms. The Kier molecular flexibility index (Phi) is 5.47. The summed E-state index contributed by atoms with van der Waals surface area (Å²) in [6, 6.07) is 3.92. The monoisotopic (exact) mass is 315 g/mol. The van der Waals surface area contributed by atoms with E-state index in [-0.39, 0.29) is 5.41 Å². The lowest BCUT2D eigenvalue weighted by atomic mass is 9.81. The molecule has 1 aromatic rings. The van der Waals surface area contributed by atoms with E-state index < -0.39 is 0 Å². The summed E-state index contributed by atoms with van der Waals surface area (Å²) >= 11 is 3.63. The molecule has 3 nitrogen and oxygen atoms in total. The van der Waals surface area contributed by atoms with Crippen LogP contribution in [0.1, 0.15) is 25.8 Å². The van der Waals surface area contributed by atoms with Crippen molar-refractivity contribution < 1.29 is 9.47 Å². The van der Waals surface area contributed by atoms with Gasteiger partial charge in [-0.3, -0.25) is 0 Å². The minimum absolute atomic E-state index is 0.0272. The molecular formula is C14H22BrNO2. The van der Waals surface area contributed by atoms with Gasteiger partial charge in [-0.1, -0.05) is 29.8 Å². The van der Waals surface area contributed by atoms with Gasteiger partial charge in [0.1, 0.15) is 11.5 Å². The second-order valence-electron chi connectivity index (χ2n) is 4.92. The highest BCUT2D eigenvalue weighted by Gasteiger charge is 2.27. The molecule has 0 heterocycles. The van der Waals surface area contributed by atoms with E-state index >= 15 is 0 Å². The van der Waals surface area contributed by atoms with Crippen LogP contribution in [0.2, 0.25) is 0 Å². The highest BCUT2D eigenvalue weighted by molar-refractivity contribution is 9.10. The normalized spacial score (nSPS) is 11.4. The van der Waals surface area contributed by atoms with Crippen molar-refractivity contribution in [3.63, 3.8) is 0 Å². The number of ether oxygens (including phenoxy) is 2. The molecule has 102 valence electrons. The molecule has 4 heteroatoms. The van der Waals surface area contributed by atoms with Crippen LogP contribution in [-0.4, -0.2) is 27.8 Å². The number of benzene rings is 1. The average molecular weight is 316 g/mol. The molecule has 0 fully saturated rings. The summed E-state index contributed by atoms with van der Waals surface area (Å²) in [5, 5.41) is 3.19. The van der Waals surface area contributed by atoms with Gasteiger partial charge in [-0.05, 0) is 31.5 Å². The Bertz CT molecular complexity index is 405. The van der Waals surface area contributed by atoms with Crippen LogP contribution in [0.3, 0.4) is 0 Å². The first-order chi connectivity index (χ1) is 8.46. The fourth-order valence-electron chi connectivity index (χ4n) is 2.06. The van der Waals surface area contributed by atoms with E-state index in [0.29, 0.717) is 0 Å². The second kappa shape index (κ2) is 6.43. The van der Waals surface area contributed by atoms with Gasteiger partial charge in [0.15, 0.2) is 0 Å². The van der Waals surface area contributed by atoms with E-state index in [0.717, 1.165) is 28.9 Å². The van der Waals surface area contributed by atoms with Gasteiger partial charge in [0, 0.05) is 16.1 Å². The van der Waals surface area contributed by atoms with Gasteiger partial charge in [-0.15, -0.1) is 0 Å². The zero-order valence-corrected chi connectivity index (χ0v) is 13.3. The molecule has 0 spiro atoms. The molecular weight excluding hydrogens is 294 g/mol. The molecule has 1 aromatic carbocycles. The molecule has 0 saturated heterocycles.